The molecule has 0 unspecified atom stereocenters. The van der Waals surface area contributed by atoms with Gasteiger partial charge in [-0.1, -0.05) is 0 Å². The predicted molar refractivity (Wildman–Crippen MR) is 64.7 cm³/mol. The Morgan fingerprint density at radius 3 is 2.59 bits per heavy atom. The summed E-state index contributed by atoms with van der Waals surface area (Å²) in [5.41, 5.74) is 0. The van der Waals surface area contributed by atoms with Crippen LogP contribution in [0.3, 0.4) is 0 Å². The molecule has 1 rings (SSSR count). The summed E-state index contributed by atoms with van der Waals surface area (Å²) in [5.74, 6) is 0.480. The van der Waals surface area contributed by atoms with Crippen molar-refractivity contribution in [1.82, 2.24) is 4.98 Å². The largest absolute Gasteiger partial charge is 2.00 e. The molecule has 1 heterocycles. The van der Waals surface area contributed by atoms with Crippen molar-refractivity contribution < 1.29 is 26.6 Å². The summed E-state index contributed by atoms with van der Waals surface area (Å²) < 4.78 is 16.2. The maximum absolute atomic E-state index is 5.29. The minimum atomic E-state index is 0. The van der Waals surface area contributed by atoms with E-state index >= 15 is 0 Å². The molecular formula is C10H13BrClMgNO3. The molecule has 0 atom stereocenters. The Kier molecular flexibility index (Phi) is 14.9. The molecule has 0 aliphatic rings. The molecule has 0 aliphatic heterocycles. The molecule has 4 nitrogen and oxygen atoms in total. The number of rotatable bonds is 7. The fourth-order valence-corrected chi connectivity index (χ4v) is 1.06. The van der Waals surface area contributed by atoms with Crippen LogP contribution >= 0.6 is 15.9 Å². The van der Waals surface area contributed by atoms with Gasteiger partial charge < -0.3 is 26.6 Å². The van der Waals surface area contributed by atoms with E-state index in [0.29, 0.717) is 32.3 Å². The first-order valence-corrected chi connectivity index (χ1v) is 5.35. The maximum Gasteiger partial charge on any atom is 2.00 e. The van der Waals surface area contributed by atoms with Crippen LogP contribution in [0.2, 0.25) is 0 Å². The molecule has 0 aliphatic carbocycles. The fourth-order valence-electron chi connectivity index (χ4n) is 0.846. The van der Waals surface area contributed by atoms with Crippen LogP contribution in [0.4, 0.5) is 0 Å². The van der Waals surface area contributed by atoms with Gasteiger partial charge in [0.15, 0.2) is 0 Å². The number of ether oxygens (including phenoxy) is 3. The van der Waals surface area contributed by atoms with Gasteiger partial charge >= 0.3 is 23.1 Å². The zero-order valence-electron chi connectivity index (χ0n) is 9.62. The third-order valence-electron chi connectivity index (χ3n) is 1.54. The first-order chi connectivity index (χ1) is 7.33. The number of methoxy groups -OCH3 is 1. The summed E-state index contributed by atoms with van der Waals surface area (Å²) in [6.45, 7) is 2.17. The van der Waals surface area contributed by atoms with Gasteiger partial charge in [0.25, 0.3) is 0 Å². The Morgan fingerprint density at radius 2 is 2.00 bits per heavy atom. The first kappa shape index (κ1) is 19.7. The van der Waals surface area contributed by atoms with Crippen molar-refractivity contribution >= 4 is 39.0 Å². The molecule has 92 valence electrons. The van der Waals surface area contributed by atoms with Crippen LogP contribution in [-0.2, 0) is 9.47 Å². The normalized spacial score (nSPS) is 9.06. The molecule has 0 saturated heterocycles. The number of hydrogen-bond acceptors (Lipinski definition) is 4. The summed E-state index contributed by atoms with van der Waals surface area (Å²) in [6.07, 6.45) is 1.66. The molecule has 0 aromatic carbocycles. The van der Waals surface area contributed by atoms with Crippen LogP contribution in [0.5, 0.6) is 5.88 Å². The quantitative estimate of drug-likeness (QED) is 0.339. The van der Waals surface area contributed by atoms with Crippen molar-refractivity contribution in [3.8, 4) is 5.88 Å². The van der Waals surface area contributed by atoms with Crippen molar-refractivity contribution in [2.24, 2.45) is 0 Å². The van der Waals surface area contributed by atoms with Gasteiger partial charge in [-0.2, -0.15) is 22.0 Å². The monoisotopic (exact) mass is 333 g/mol. The second-order valence-electron chi connectivity index (χ2n) is 2.69. The molecule has 0 amide bonds. The fraction of sp³-hybridized carbons (Fsp3) is 0.500. The Labute approximate surface area is 132 Å². The SMILES string of the molecule is COCCOCCOc1[c-]cc(Br)cn1.[Cl-].[Mg+2]. The summed E-state index contributed by atoms with van der Waals surface area (Å²) in [7, 11) is 1.64. The molecule has 0 N–H and O–H groups in total. The first-order valence-electron chi connectivity index (χ1n) is 4.55. The smallest absolute Gasteiger partial charge is 1.00 e. The van der Waals surface area contributed by atoms with Gasteiger partial charge in [-0.3, -0.25) is 4.98 Å². The topological polar surface area (TPSA) is 40.6 Å². The molecule has 7 heteroatoms. The van der Waals surface area contributed by atoms with Gasteiger partial charge in [-0.25, -0.2) is 6.07 Å². The molecule has 0 bridgehead atoms. The van der Waals surface area contributed by atoms with Crippen molar-refractivity contribution in [1.29, 1.82) is 0 Å². The number of pyridine rings is 1. The van der Waals surface area contributed by atoms with Crippen LogP contribution < -0.4 is 17.1 Å². The van der Waals surface area contributed by atoms with E-state index in [1.165, 1.54) is 0 Å². The number of hydrogen-bond donors (Lipinski definition) is 0. The Hall–Kier alpha value is 0.406. The van der Waals surface area contributed by atoms with E-state index in [2.05, 4.69) is 27.0 Å². The standard InChI is InChI=1S/C10H13BrNO3.ClH.Mg/c1-13-4-5-14-6-7-15-10-3-2-9(11)8-12-10;;/h2,8H,4-7H2,1H3;1H;/q-1;;+2/p-1. The molecule has 17 heavy (non-hydrogen) atoms. The second kappa shape index (κ2) is 12.9. The van der Waals surface area contributed by atoms with Crippen LogP contribution in [0.25, 0.3) is 0 Å². The molecule has 0 radical (unpaired) electrons. The van der Waals surface area contributed by atoms with E-state index in [9.17, 15) is 0 Å². The summed E-state index contributed by atoms with van der Waals surface area (Å²) in [4.78, 5) is 4.01. The van der Waals surface area contributed by atoms with Gasteiger partial charge in [0, 0.05) is 7.11 Å². The molecule has 0 saturated carbocycles. The predicted octanol–water partition coefficient (Wildman–Crippen LogP) is -1.69. The third-order valence-corrected chi connectivity index (χ3v) is 1.97. The summed E-state index contributed by atoms with van der Waals surface area (Å²) in [5, 5.41) is 0. The Bertz CT molecular complexity index is 277. The van der Waals surface area contributed by atoms with E-state index in [4.69, 9.17) is 14.2 Å². The maximum atomic E-state index is 5.29. The second-order valence-corrected chi connectivity index (χ2v) is 3.61. The van der Waals surface area contributed by atoms with Gasteiger partial charge in [-0.15, -0.1) is 4.47 Å². The van der Waals surface area contributed by atoms with Crippen LogP contribution in [-0.4, -0.2) is 61.6 Å². The van der Waals surface area contributed by atoms with E-state index in [0.717, 1.165) is 4.47 Å². The van der Waals surface area contributed by atoms with E-state index in [1.807, 2.05) is 0 Å². The number of nitrogens with zero attached hydrogens (tertiary/aromatic N) is 1. The van der Waals surface area contributed by atoms with Gasteiger partial charge in [0.2, 0.25) is 0 Å². The number of aromatic nitrogens is 1. The third kappa shape index (κ3) is 10.1. The van der Waals surface area contributed by atoms with Gasteiger partial charge in [0.1, 0.15) is 12.5 Å². The average molecular weight is 335 g/mol. The van der Waals surface area contributed by atoms with Crippen molar-refractivity contribution in [2.75, 3.05) is 33.5 Å². The van der Waals surface area contributed by atoms with E-state index in [1.54, 1.807) is 19.4 Å². The molecule has 0 spiro atoms. The molecular weight excluding hydrogens is 322 g/mol. The van der Waals surface area contributed by atoms with Crippen molar-refractivity contribution in [2.45, 2.75) is 0 Å². The van der Waals surface area contributed by atoms with E-state index in [-0.39, 0.29) is 35.5 Å². The molecule has 1 aromatic rings. The zero-order chi connectivity index (χ0) is 10.9. The van der Waals surface area contributed by atoms with Crippen LogP contribution in [0.15, 0.2) is 16.7 Å². The van der Waals surface area contributed by atoms with E-state index < -0.39 is 0 Å². The molecule has 0 fully saturated rings. The van der Waals surface area contributed by atoms with Crippen molar-refractivity contribution in [3.63, 3.8) is 0 Å². The molecule has 1 aromatic heterocycles. The number of halogens is 2. The zero-order valence-corrected chi connectivity index (χ0v) is 13.4. The van der Waals surface area contributed by atoms with Crippen LogP contribution in [0, 0.1) is 6.07 Å². The minimum Gasteiger partial charge on any atom is -1.00 e. The Balaban J connectivity index is 0. The van der Waals surface area contributed by atoms with Crippen LogP contribution in [0.1, 0.15) is 0 Å². The summed E-state index contributed by atoms with van der Waals surface area (Å²) >= 11 is 3.27. The van der Waals surface area contributed by atoms with Gasteiger partial charge in [-0.05, 0) is 6.20 Å². The van der Waals surface area contributed by atoms with Gasteiger partial charge in [0.05, 0.1) is 19.8 Å². The minimum absolute atomic E-state index is 0. The average Bonchev–Trinajstić information content (AvgIpc) is 2.26. The van der Waals surface area contributed by atoms with Crippen molar-refractivity contribution in [3.05, 3.63) is 22.8 Å². The Morgan fingerprint density at radius 1 is 1.29 bits per heavy atom. The summed E-state index contributed by atoms with van der Waals surface area (Å²) in [6, 6.07) is 4.64.